The number of benzene rings is 1. The van der Waals surface area contributed by atoms with Crippen molar-refractivity contribution >= 4 is 11.6 Å². The smallest absolute Gasteiger partial charge is 0.123 e. The second kappa shape index (κ2) is 5.36. The molecule has 104 valence electrons. The molecule has 1 heterocycles. The van der Waals surface area contributed by atoms with Gasteiger partial charge in [-0.05, 0) is 48.8 Å². The quantitative estimate of drug-likeness (QED) is 0.683. The van der Waals surface area contributed by atoms with Crippen molar-refractivity contribution in [1.29, 1.82) is 0 Å². The molecule has 0 radical (unpaired) electrons. The minimum atomic E-state index is 0.175. The highest BCUT2D eigenvalue weighted by molar-refractivity contribution is 6.21. The van der Waals surface area contributed by atoms with Gasteiger partial charge in [-0.15, -0.1) is 11.6 Å². The molecular formula is C17H23ClO. The van der Waals surface area contributed by atoms with E-state index in [1.807, 2.05) is 0 Å². The molecule has 2 unspecified atom stereocenters. The lowest BCUT2D eigenvalue weighted by atomic mass is 9.79. The van der Waals surface area contributed by atoms with Gasteiger partial charge in [0, 0.05) is 6.42 Å². The molecule has 1 aromatic rings. The monoisotopic (exact) mass is 278 g/mol. The van der Waals surface area contributed by atoms with Gasteiger partial charge in [-0.25, -0.2) is 0 Å². The predicted octanol–water partition coefficient (Wildman–Crippen LogP) is 5.12. The molecule has 2 atom stereocenters. The molecule has 0 N–H and O–H groups in total. The van der Waals surface area contributed by atoms with Crippen molar-refractivity contribution < 1.29 is 4.74 Å². The highest BCUT2D eigenvalue weighted by Crippen LogP contribution is 2.42. The summed E-state index contributed by atoms with van der Waals surface area (Å²) in [6.45, 7) is 4.48. The van der Waals surface area contributed by atoms with Crippen molar-refractivity contribution in [3.63, 3.8) is 0 Å². The van der Waals surface area contributed by atoms with Crippen LogP contribution in [-0.2, 0) is 6.42 Å². The van der Waals surface area contributed by atoms with Crippen LogP contribution in [0.5, 0.6) is 5.75 Å². The van der Waals surface area contributed by atoms with Crippen LogP contribution >= 0.6 is 11.6 Å². The van der Waals surface area contributed by atoms with Crippen LogP contribution in [0.2, 0.25) is 0 Å². The minimum absolute atomic E-state index is 0.175. The molecule has 0 spiro atoms. The third-order valence-electron chi connectivity index (χ3n) is 4.71. The topological polar surface area (TPSA) is 9.23 Å². The van der Waals surface area contributed by atoms with Crippen LogP contribution in [0, 0.1) is 11.8 Å². The van der Waals surface area contributed by atoms with E-state index < -0.39 is 0 Å². The van der Waals surface area contributed by atoms with E-state index in [-0.39, 0.29) is 5.38 Å². The summed E-state index contributed by atoms with van der Waals surface area (Å²) in [6.07, 6.45) is 6.56. The number of ether oxygens (including phenoxy) is 1. The normalized spacial score (nSPS) is 31.6. The van der Waals surface area contributed by atoms with Gasteiger partial charge in [-0.1, -0.05) is 31.9 Å². The Morgan fingerprint density at radius 2 is 1.89 bits per heavy atom. The van der Waals surface area contributed by atoms with Gasteiger partial charge >= 0.3 is 0 Å². The van der Waals surface area contributed by atoms with Crippen molar-refractivity contribution in [1.82, 2.24) is 0 Å². The van der Waals surface area contributed by atoms with Crippen molar-refractivity contribution in [2.24, 2.45) is 11.8 Å². The van der Waals surface area contributed by atoms with Crippen LogP contribution in [0.15, 0.2) is 18.2 Å². The molecule has 1 aliphatic heterocycles. The Kier molecular flexibility index (Phi) is 3.75. The van der Waals surface area contributed by atoms with E-state index in [4.69, 9.17) is 16.3 Å². The predicted molar refractivity (Wildman–Crippen MR) is 80.0 cm³/mol. The van der Waals surface area contributed by atoms with Crippen molar-refractivity contribution in [2.45, 2.75) is 57.4 Å². The Balaban J connectivity index is 1.74. The zero-order chi connectivity index (χ0) is 13.4. The average molecular weight is 279 g/mol. The molecule has 1 nitrogen and oxygen atoms in total. The third-order valence-corrected chi connectivity index (χ3v) is 5.32. The fourth-order valence-electron chi connectivity index (χ4n) is 3.46. The van der Waals surface area contributed by atoms with Gasteiger partial charge in [0.1, 0.15) is 11.9 Å². The number of hydrogen-bond donors (Lipinski definition) is 0. The van der Waals surface area contributed by atoms with Crippen LogP contribution in [0.1, 0.15) is 56.0 Å². The summed E-state index contributed by atoms with van der Waals surface area (Å²) in [7, 11) is 0. The van der Waals surface area contributed by atoms with Crippen molar-refractivity contribution in [3.05, 3.63) is 29.3 Å². The summed E-state index contributed by atoms with van der Waals surface area (Å²) in [4.78, 5) is 0. The lowest BCUT2D eigenvalue weighted by molar-refractivity contribution is 0.254. The summed E-state index contributed by atoms with van der Waals surface area (Å²) >= 11 is 6.73. The number of hydrogen-bond acceptors (Lipinski definition) is 1. The second-order valence-electron chi connectivity index (χ2n) is 6.42. The van der Waals surface area contributed by atoms with Crippen molar-refractivity contribution in [2.75, 3.05) is 0 Å². The van der Waals surface area contributed by atoms with E-state index in [2.05, 4.69) is 32.0 Å². The van der Waals surface area contributed by atoms with Gasteiger partial charge in [-0.3, -0.25) is 0 Å². The molecular weight excluding hydrogens is 256 g/mol. The number of fused-ring (bicyclic) bond motifs is 1. The van der Waals surface area contributed by atoms with E-state index in [0.29, 0.717) is 12.0 Å². The lowest BCUT2D eigenvalue weighted by Crippen LogP contribution is -2.16. The van der Waals surface area contributed by atoms with Crippen LogP contribution < -0.4 is 4.74 Å². The molecule has 0 aromatic heterocycles. The highest BCUT2D eigenvalue weighted by Gasteiger charge is 2.27. The van der Waals surface area contributed by atoms with Gasteiger partial charge in [-0.2, -0.15) is 0 Å². The zero-order valence-corrected chi connectivity index (χ0v) is 12.6. The van der Waals surface area contributed by atoms with Gasteiger partial charge < -0.3 is 4.74 Å². The summed E-state index contributed by atoms with van der Waals surface area (Å²) in [5, 5.41) is 0.175. The number of rotatable bonds is 2. The lowest BCUT2D eigenvalue weighted by Gasteiger charge is -2.29. The standard InChI is InChI=1S/C17H23ClO/c1-11-3-5-13(6-4-11)17(18)14-7-8-16-15(10-14)9-12(2)19-16/h7-8,10-13,17H,3-6,9H2,1-2H3. The third kappa shape index (κ3) is 2.76. The van der Waals surface area contributed by atoms with E-state index >= 15 is 0 Å². The van der Waals surface area contributed by atoms with Gasteiger partial charge in [0.25, 0.3) is 0 Å². The number of alkyl halides is 1. The molecule has 3 rings (SSSR count). The number of halogens is 1. The summed E-state index contributed by atoms with van der Waals surface area (Å²) in [5.74, 6) is 2.59. The molecule has 0 bridgehead atoms. The van der Waals surface area contributed by atoms with E-state index in [1.54, 1.807) is 0 Å². The SMILES string of the molecule is CC1CCC(C(Cl)c2ccc3c(c2)CC(C)O3)CC1. The summed E-state index contributed by atoms with van der Waals surface area (Å²) in [6, 6.07) is 6.54. The Morgan fingerprint density at radius 3 is 2.63 bits per heavy atom. The molecule has 2 aliphatic rings. The van der Waals surface area contributed by atoms with E-state index in [0.717, 1.165) is 18.1 Å². The zero-order valence-electron chi connectivity index (χ0n) is 11.9. The molecule has 0 saturated heterocycles. The molecule has 1 aliphatic carbocycles. The summed E-state index contributed by atoms with van der Waals surface area (Å²) < 4.78 is 5.76. The van der Waals surface area contributed by atoms with Gasteiger partial charge in [0.05, 0.1) is 5.38 Å². The molecule has 1 saturated carbocycles. The maximum Gasteiger partial charge on any atom is 0.123 e. The molecule has 2 heteroatoms. The Labute approximate surface area is 121 Å². The molecule has 1 aromatic carbocycles. The largest absolute Gasteiger partial charge is 0.490 e. The van der Waals surface area contributed by atoms with Gasteiger partial charge in [0.15, 0.2) is 0 Å². The highest BCUT2D eigenvalue weighted by atomic mass is 35.5. The fourth-order valence-corrected chi connectivity index (χ4v) is 3.85. The Hall–Kier alpha value is -0.690. The molecule has 1 fully saturated rings. The first-order valence-corrected chi connectivity index (χ1v) is 8.00. The van der Waals surface area contributed by atoms with Crippen LogP contribution in [-0.4, -0.2) is 6.10 Å². The maximum atomic E-state index is 6.73. The fraction of sp³-hybridized carbons (Fsp3) is 0.647. The molecule has 19 heavy (non-hydrogen) atoms. The van der Waals surface area contributed by atoms with E-state index in [9.17, 15) is 0 Å². The van der Waals surface area contributed by atoms with Gasteiger partial charge in [0.2, 0.25) is 0 Å². The summed E-state index contributed by atoms with van der Waals surface area (Å²) in [5.41, 5.74) is 2.62. The molecule has 0 amide bonds. The maximum absolute atomic E-state index is 6.73. The Morgan fingerprint density at radius 1 is 1.16 bits per heavy atom. The van der Waals surface area contributed by atoms with Crippen LogP contribution in [0.25, 0.3) is 0 Å². The van der Waals surface area contributed by atoms with Crippen LogP contribution in [0.3, 0.4) is 0 Å². The van der Waals surface area contributed by atoms with Crippen molar-refractivity contribution in [3.8, 4) is 5.75 Å². The minimum Gasteiger partial charge on any atom is -0.490 e. The Bertz CT molecular complexity index is 449. The van der Waals surface area contributed by atoms with Crippen LogP contribution in [0.4, 0.5) is 0 Å². The average Bonchev–Trinajstić information content (AvgIpc) is 2.77. The second-order valence-corrected chi connectivity index (χ2v) is 6.89. The first-order chi connectivity index (χ1) is 9.13. The first-order valence-electron chi connectivity index (χ1n) is 7.57. The first kappa shape index (κ1) is 13.3. The van der Waals surface area contributed by atoms with E-state index in [1.165, 1.54) is 36.8 Å².